The smallest absolute Gasteiger partial charge is 0.265 e. The molecule has 146 valence electrons. The number of para-hydroxylation sites is 1. The fraction of sp³-hybridized carbons (Fsp3) is 0.174. The molecule has 2 aromatic carbocycles. The first kappa shape index (κ1) is 18.0. The lowest BCUT2D eigenvalue weighted by molar-refractivity contribution is 0.103. The number of nitrogens with one attached hydrogen (secondary N) is 1. The summed E-state index contributed by atoms with van der Waals surface area (Å²) in [7, 11) is 1.70. The molecule has 1 amide bonds. The van der Waals surface area contributed by atoms with Crippen LogP contribution in [0, 0.1) is 0 Å². The van der Waals surface area contributed by atoms with Crippen LogP contribution in [0.5, 0.6) is 5.75 Å². The van der Waals surface area contributed by atoms with Gasteiger partial charge in [-0.2, -0.15) is 0 Å². The number of rotatable bonds is 5. The third kappa shape index (κ3) is 3.30. The zero-order chi connectivity index (χ0) is 19.8. The molecule has 5 nitrogen and oxygen atoms in total. The minimum absolute atomic E-state index is 0.0972. The average molecular weight is 404 g/mol. The largest absolute Gasteiger partial charge is 0.488 e. The van der Waals surface area contributed by atoms with E-state index in [0.29, 0.717) is 18.1 Å². The normalized spacial score (nSPS) is 12.3. The second kappa shape index (κ2) is 7.39. The standard InChI is InChI=1S/C23H20N2O3S/c1-27-11-10-25-9-8-15-12-17(6-7-19(15)25)24-23(26)21-13-16-14-28-20-5-3-2-4-18(20)22(16)29-21/h2-9,12-13H,10-11,14H2,1H3,(H,24,26). The topological polar surface area (TPSA) is 52.5 Å². The Morgan fingerprint density at radius 1 is 1.21 bits per heavy atom. The lowest BCUT2D eigenvalue weighted by Crippen LogP contribution is -2.10. The molecule has 1 aliphatic heterocycles. The summed E-state index contributed by atoms with van der Waals surface area (Å²) in [4.78, 5) is 14.7. The van der Waals surface area contributed by atoms with E-state index >= 15 is 0 Å². The van der Waals surface area contributed by atoms with Crippen molar-refractivity contribution in [2.45, 2.75) is 13.2 Å². The molecule has 0 fully saturated rings. The van der Waals surface area contributed by atoms with Gasteiger partial charge in [-0.15, -0.1) is 11.3 Å². The van der Waals surface area contributed by atoms with Crippen molar-refractivity contribution < 1.29 is 14.3 Å². The molecule has 0 saturated heterocycles. The Kier molecular flexibility index (Phi) is 4.58. The Bertz CT molecular complexity index is 1210. The van der Waals surface area contributed by atoms with Crippen molar-refractivity contribution >= 4 is 33.8 Å². The quantitative estimate of drug-likeness (QED) is 0.500. The van der Waals surface area contributed by atoms with Crippen LogP contribution in [0.2, 0.25) is 0 Å². The Morgan fingerprint density at radius 3 is 3.00 bits per heavy atom. The van der Waals surface area contributed by atoms with Crippen molar-refractivity contribution in [1.82, 2.24) is 4.57 Å². The molecule has 0 saturated carbocycles. The van der Waals surface area contributed by atoms with Gasteiger partial charge in [0.15, 0.2) is 0 Å². The number of aromatic nitrogens is 1. The highest BCUT2D eigenvalue weighted by Gasteiger charge is 2.22. The minimum Gasteiger partial charge on any atom is -0.488 e. The Balaban J connectivity index is 1.38. The molecule has 1 N–H and O–H groups in total. The van der Waals surface area contributed by atoms with Gasteiger partial charge in [0.2, 0.25) is 0 Å². The lowest BCUT2D eigenvalue weighted by Gasteiger charge is -2.16. The number of hydrogen-bond donors (Lipinski definition) is 1. The van der Waals surface area contributed by atoms with Crippen molar-refractivity contribution in [3.05, 3.63) is 71.2 Å². The first-order valence-electron chi connectivity index (χ1n) is 9.47. The molecular weight excluding hydrogens is 384 g/mol. The second-order valence-electron chi connectivity index (χ2n) is 6.98. The van der Waals surface area contributed by atoms with Gasteiger partial charge in [-0.05, 0) is 42.5 Å². The van der Waals surface area contributed by atoms with E-state index < -0.39 is 0 Å². The van der Waals surface area contributed by atoms with Crippen LogP contribution in [0.3, 0.4) is 0 Å². The highest BCUT2D eigenvalue weighted by Crippen LogP contribution is 2.42. The number of anilines is 1. The van der Waals surface area contributed by atoms with Crippen LogP contribution < -0.4 is 10.1 Å². The van der Waals surface area contributed by atoms with Crippen LogP contribution in [0.15, 0.2) is 60.8 Å². The molecule has 0 unspecified atom stereocenters. The van der Waals surface area contributed by atoms with Gasteiger partial charge in [0.25, 0.3) is 5.91 Å². The highest BCUT2D eigenvalue weighted by atomic mass is 32.1. The number of carbonyl (C=O) groups is 1. The van der Waals surface area contributed by atoms with Gasteiger partial charge in [0.05, 0.1) is 11.5 Å². The first-order valence-corrected chi connectivity index (χ1v) is 10.3. The summed E-state index contributed by atoms with van der Waals surface area (Å²) in [6.07, 6.45) is 2.04. The summed E-state index contributed by atoms with van der Waals surface area (Å²) in [6, 6.07) is 17.9. The number of carbonyl (C=O) groups excluding carboxylic acids is 1. The fourth-order valence-electron chi connectivity index (χ4n) is 3.67. The van der Waals surface area contributed by atoms with Crippen molar-refractivity contribution in [2.75, 3.05) is 19.0 Å². The number of methoxy groups -OCH3 is 1. The van der Waals surface area contributed by atoms with E-state index in [0.717, 1.165) is 44.9 Å². The van der Waals surface area contributed by atoms with E-state index in [2.05, 4.69) is 16.0 Å². The molecule has 0 spiro atoms. The lowest BCUT2D eigenvalue weighted by atomic mass is 10.1. The SMILES string of the molecule is COCCn1ccc2cc(NC(=O)c3cc4c(s3)-c3ccccc3OC4)ccc21. The van der Waals surface area contributed by atoms with E-state index in [1.54, 1.807) is 7.11 Å². The number of fused-ring (bicyclic) bond motifs is 4. The zero-order valence-corrected chi connectivity index (χ0v) is 16.8. The monoisotopic (exact) mass is 404 g/mol. The Morgan fingerprint density at radius 2 is 2.10 bits per heavy atom. The molecule has 29 heavy (non-hydrogen) atoms. The molecule has 3 heterocycles. The molecule has 4 aromatic rings. The third-order valence-electron chi connectivity index (χ3n) is 5.11. The minimum atomic E-state index is -0.0972. The third-order valence-corrected chi connectivity index (χ3v) is 6.32. The second-order valence-corrected chi connectivity index (χ2v) is 8.03. The molecule has 0 aliphatic carbocycles. The van der Waals surface area contributed by atoms with Gasteiger partial charge in [0.1, 0.15) is 12.4 Å². The zero-order valence-electron chi connectivity index (χ0n) is 16.0. The van der Waals surface area contributed by atoms with Gasteiger partial charge in [-0.25, -0.2) is 0 Å². The van der Waals surface area contributed by atoms with Crippen molar-refractivity contribution in [2.24, 2.45) is 0 Å². The number of hydrogen-bond acceptors (Lipinski definition) is 4. The predicted octanol–water partition coefficient (Wildman–Crippen LogP) is 5.16. The average Bonchev–Trinajstić information content (AvgIpc) is 3.36. The molecule has 0 atom stereocenters. The Labute approximate surface area is 172 Å². The van der Waals surface area contributed by atoms with Crippen LogP contribution in [-0.2, 0) is 17.9 Å². The Hall–Kier alpha value is -3.09. The maximum Gasteiger partial charge on any atom is 0.265 e. The number of benzene rings is 2. The van der Waals surface area contributed by atoms with Crippen LogP contribution in [0.4, 0.5) is 5.69 Å². The summed E-state index contributed by atoms with van der Waals surface area (Å²) < 4.78 is 13.1. The molecule has 0 bridgehead atoms. The van der Waals surface area contributed by atoms with E-state index in [1.807, 2.05) is 54.7 Å². The molecule has 5 rings (SSSR count). The van der Waals surface area contributed by atoms with Gasteiger partial charge < -0.3 is 19.4 Å². The van der Waals surface area contributed by atoms with Gasteiger partial charge in [0, 0.05) is 52.4 Å². The van der Waals surface area contributed by atoms with Crippen LogP contribution in [0.1, 0.15) is 15.2 Å². The van der Waals surface area contributed by atoms with Crippen LogP contribution in [-0.4, -0.2) is 24.2 Å². The summed E-state index contributed by atoms with van der Waals surface area (Å²) in [6.45, 7) is 1.96. The fourth-order valence-corrected chi connectivity index (χ4v) is 4.76. The van der Waals surface area contributed by atoms with E-state index in [4.69, 9.17) is 9.47 Å². The predicted molar refractivity (Wildman–Crippen MR) is 116 cm³/mol. The number of thiophene rings is 1. The molecule has 0 radical (unpaired) electrons. The van der Waals surface area contributed by atoms with Gasteiger partial charge >= 0.3 is 0 Å². The first-order chi connectivity index (χ1) is 14.2. The number of amides is 1. The summed E-state index contributed by atoms with van der Waals surface area (Å²) in [5.74, 6) is 0.775. The van der Waals surface area contributed by atoms with Crippen LogP contribution in [0.25, 0.3) is 21.3 Å². The van der Waals surface area contributed by atoms with Crippen LogP contribution >= 0.6 is 11.3 Å². The summed E-state index contributed by atoms with van der Waals surface area (Å²) in [5.41, 5.74) is 4.02. The van der Waals surface area contributed by atoms with Gasteiger partial charge in [-0.3, -0.25) is 4.79 Å². The maximum atomic E-state index is 12.9. The molecular formula is C23H20N2O3S. The van der Waals surface area contributed by atoms with Gasteiger partial charge in [-0.1, -0.05) is 12.1 Å². The summed E-state index contributed by atoms with van der Waals surface area (Å²) >= 11 is 1.51. The van der Waals surface area contributed by atoms with E-state index in [-0.39, 0.29) is 5.91 Å². The van der Waals surface area contributed by atoms with E-state index in [9.17, 15) is 4.79 Å². The molecule has 1 aliphatic rings. The highest BCUT2D eigenvalue weighted by molar-refractivity contribution is 7.17. The molecule has 6 heteroatoms. The van der Waals surface area contributed by atoms with E-state index in [1.165, 1.54) is 11.3 Å². The molecule has 2 aromatic heterocycles. The van der Waals surface area contributed by atoms with Crippen molar-refractivity contribution in [3.63, 3.8) is 0 Å². The van der Waals surface area contributed by atoms with Crippen molar-refractivity contribution in [3.8, 4) is 16.2 Å². The van der Waals surface area contributed by atoms with Crippen molar-refractivity contribution in [1.29, 1.82) is 0 Å². The summed E-state index contributed by atoms with van der Waals surface area (Å²) in [5, 5.41) is 4.12. The number of ether oxygens (including phenoxy) is 2. The maximum absolute atomic E-state index is 12.9. The number of nitrogens with zero attached hydrogens (tertiary/aromatic N) is 1.